The molecule has 1 aromatic heterocycles. The molecule has 0 aliphatic rings. The Hall–Kier alpha value is 0.506. The average molecular weight is 334 g/mol. The van der Waals surface area contributed by atoms with E-state index in [4.69, 9.17) is 24.2 Å². The van der Waals surface area contributed by atoms with Gasteiger partial charge in [0.2, 0.25) is 0 Å². The number of rotatable bonds is 6. The van der Waals surface area contributed by atoms with Gasteiger partial charge < -0.3 is 17.2 Å². The second-order valence-electron chi connectivity index (χ2n) is 4.53. The summed E-state index contributed by atoms with van der Waals surface area (Å²) < 4.78 is 2.04. The molecule has 6 heteroatoms. The molecule has 3 nitrogen and oxygen atoms in total. The van der Waals surface area contributed by atoms with Gasteiger partial charge in [-0.1, -0.05) is 37.1 Å². The molecule has 1 heterocycles. The van der Waals surface area contributed by atoms with Gasteiger partial charge in [-0.05, 0) is 30.5 Å². The van der Waals surface area contributed by atoms with Crippen molar-refractivity contribution in [2.45, 2.75) is 44.3 Å². The topological polar surface area (TPSA) is 30.7 Å². The van der Waals surface area contributed by atoms with Gasteiger partial charge in [0, 0.05) is 23.1 Å². The van der Waals surface area contributed by atoms with Crippen LogP contribution in [-0.4, -0.2) is 14.8 Å². The summed E-state index contributed by atoms with van der Waals surface area (Å²) in [7, 11) is 0. The zero-order valence-corrected chi connectivity index (χ0v) is 16.7. The summed E-state index contributed by atoms with van der Waals surface area (Å²) in [5.74, 6) is 1.00. The van der Waals surface area contributed by atoms with Crippen molar-refractivity contribution >= 4 is 24.2 Å². The summed E-state index contributed by atoms with van der Waals surface area (Å²) in [5.41, 5.74) is 1.24. The third-order valence-corrected chi connectivity index (χ3v) is 3.64. The van der Waals surface area contributed by atoms with E-state index in [1.54, 1.807) is 0 Å². The molecule has 0 bridgehead atoms. The van der Waals surface area contributed by atoms with Crippen LogP contribution in [-0.2, 0) is 32.0 Å². The van der Waals surface area contributed by atoms with E-state index in [-0.39, 0.29) is 51.4 Å². The van der Waals surface area contributed by atoms with E-state index in [2.05, 4.69) is 17.1 Å². The Morgan fingerprint density at radius 3 is 2.50 bits per heavy atom. The third kappa shape index (κ3) is 5.37. The molecule has 0 atom stereocenters. The first-order valence-electron chi connectivity index (χ1n) is 6.54. The van der Waals surface area contributed by atoms with E-state index >= 15 is 0 Å². The summed E-state index contributed by atoms with van der Waals surface area (Å²) in [6.45, 7) is 3.00. The minimum Gasteiger partial charge on any atom is -0.740 e. The Morgan fingerprint density at radius 2 is 1.85 bits per heavy atom. The summed E-state index contributed by atoms with van der Waals surface area (Å²) >= 11 is 11.1. The molecule has 20 heavy (non-hydrogen) atoms. The number of nitrogens with zero attached hydrogens (tertiary/aromatic N) is 3. The number of benzene rings is 1. The van der Waals surface area contributed by atoms with Crippen LogP contribution in [0.3, 0.4) is 0 Å². The van der Waals surface area contributed by atoms with Crippen LogP contribution in [0, 0.1) is 0 Å². The summed E-state index contributed by atoms with van der Waals surface area (Å²) in [6.07, 6.45) is 4.13. The fourth-order valence-corrected chi connectivity index (χ4v) is 2.32. The SMILES string of the molecule is CCCCc1nnc([S-])n1CCc1ccc(Cl)cc1.[K+]. The molecule has 2 aromatic rings. The van der Waals surface area contributed by atoms with E-state index in [0.717, 1.165) is 43.1 Å². The molecular weight excluding hydrogens is 317 g/mol. The monoisotopic (exact) mass is 333 g/mol. The van der Waals surface area contributed by atoms with Crippen molar-refractivity contribution in [2.75, 3.05) is 0 Å². The third-order valence-electron chi connectivity index (χ3n) is 3.08. The molecule has 1 aromatic carbocycles. The fourth-order valence-electron chi connectivity index (χ4n) is 1.96. The predicted molar refractivity (Wildman–Crippen MR) is 79.4 cm³/mol. The maximum absolute atomic E-state index is 5.88. The second-order valence-corrected chi connectivity index (χ2v) is 5.33. The first kappa shape index (κ1) is 18.6. The first-order chi connectivity index (χ1) is 9.20. The Labute approximate surface area is 173 Å². The van der Waals surface area contributed by atoms with Crippen LogP contribution >= 0.6 is 11.6 Å². The Bertz CT molecular complexity index is 528. The van der Waals surface area contributed by atoms with Crippen LogP contribution in [0.5, 0.6) is 0 Å². The molecule has 0 saturated heterocycles. The zero-order valence-electron chi connectivity index (χ0n) is 12.0. The standard InChI is InChI=1S/C14H18ClN3S.K/c1-2-3-4-13-16-17-14(19)18(13)10-9-11-5-7-12(15)8-6-11;/h5-8H,2-4,9-10H2,1H3,(H,17,19);/q;+1/p-1. The maximum atomic E-state index is 5.88. The van der Waals surface area contributed by atoms with Gasteiger partial charge in [-0.25, -0.2) is 0 Å². The fraction of sp³-hybridized carbons (Fsp3) is 0.429. The minimum absolute atomic E-state index is 0. The van der Waals surface area contributed by atoms with Crippen LogP contribution in [0.1, 0.15) is 31.2 Å². The molecule has 0 N–H and O–H groups in total. The average Bonchev–Trinajstić information content (AvgIpc) is 2.76. The van der Waals surface area contributed by atoms with Gasteiger partial charge in [0.05, 0.1) is 0 Å². The number of hydrogen-bond donors (Lipinski definition) is 0. The van der Waals surface area contributed by atoms with Crippen molar-refractivity contribution in [3.05, 3.63) is 40.7 Å². The summed E-state index contributed by atoms with van der Waals surface area (Å²) in [4.78, 5) is 0. The van der Waals surface area contributed by atoms with Gasteiger partial charge in [0.1, 0.15) is 5.82 Å². The molecule has 0 saturated carbocycles. The summed E-state index contributed by atoms with van der Waals surface area (Å²) in [6, 6.07) is 7.91. The molecule has 2 rings (SSSR count). The van der Waals surface area contributed by atoms with Gasteiger partial charge in [-0.15, -0.1) is 5.10 Å². The molecule has 0 amide bonds. The van der Waals surface area contributed by atoms with Gasteiger partial charge in [0.15, 0.2) is 0 Å². The van der Waals surface area contributed by atoms with Crippen LogP contribution in [0.2, 0.25) is 5.02 Å². The van der Waals surface area contributed by atoms with Crippen molar-refractivity contribution in [1.29, 1.82) is 0 Å². The Kier molecular flexibility index (Phi) is 8.82. The number of aryl methyl sites for hydroxylation is 2. The van der Waals surface area contributed by atoms with Gasteiger partial charge in [-0.2, -0.15) is 5.10 Å². The zero-order chi connectivity index (χ0) is 13.7. The van der Waals surface area contributed by atoms with Crippen LogP contribution in [0.15, 0.2) is 29.4 Å². The van der Waals surface area contributed by atoms with E-state index in [0.29, 0.717) is 5.16 Å². The predicted octanol–water partition coefficient (Wildman–Crippen LogP) is 0.427. The van der Waals surface area contributed by atoms with E-state index in [1.807, 2.05) is 28.8 Å². The van der Waals surface area contributed by atoms with Crippen LogP contribution < -0.4 is 51.4 Å². The molecular formula is C14H17ClKN3S. The molecule has 0 unspecified atom stereocenters. The van der Waals surface area contributed by atoms with Crippen molar-refractivity contribution < 1.29 is 51.4 Å². The number of hydrogen-bond acceptors (Lipinski definition) is 3. The van der Waals surface area contributed by atoms with E-state index in [9.17, 15) is 0 Å². The second kappa shape index (κ2) is 9.51. The Morgan fingerprint density at radius 1 is 1.15 bits per heavy atom. The molecule has 0 fully saturated rings. The van der Waals surface area contributed by atoms with E-state index < -0.39 is 0 Å². The first-order valence-corrected chi connectivity index (χ1v) is 7.33. The largest absolute Gasteiger partial charge is 1.00 e. The van der Waals surface area contributed by atoms with Crippen molar-refractivity contribution in [2.24, 2.45) is 0 Å². The smallest absolute Gasteiger partial charge is 0.740 e. The van der Waals surface area contributed by atoms with Gasteiger partial charge >= 0.3 is 51.4 Å². The molecule has 102 valence electrons. The molecule has 0 spiro atoms. The number of aromatic nitrogens is 3. The van der Waals surface area contributed by atoms with Gasteiger partial charge in [0.25, 0.3) is 0 Å². The van der Waals surface area contributed by atoms with Crippen LogP contribution in [0.25, 0.3) is 0 Å². The van der Waals surface area contributed by atoms with Crippen molar-refractivity contribution in [1.82, 2.24) is 14.8 Å². The number of unbranched alkanes of at least 4 members (excludes halogenated alkanes) is 1. The summed E-state index contributed by atoms with van der Waals surface area (Å²) in [5, 5.41) is 9.52. The molecule has 0 radical (unpaired) electrons. The molecule has 0 aliphatic carbocycles. The van der Waals surface area contributed by atoms with Crippen LogP contribution in [0.4, 0.5) is 0 Å². The normalized spacial score (nSPS) is 10.3. The minimum atomic E-state index is 0. The van der Waals surface area contributed by atoms with Crippen molar-refractivity contribution in [3.63, 3.8) is 0 Å². The Balaban J connectivity index is 0.00000200. The molecule has 0 aliphatic heterocycles. The maximum Gasteiger partial charge on any atom is 1.00 e. The number of halogens is 1. The quantitative estimate of drug-likeness (QED) is 0.567. The van der Waals surface area contributed by atoms with Crippen molar-refractivity contribution in [3.8, 4) is 0 Å². The van der Waals surface area contributed by atoms with Gasteiger partial charge in [-0.3, -0.25) is 0 Å². The van der Waals surface area contributed by atoms with E-state index in [1.165, 1.54) is 5.56 Å².